The molecule has 0 atom stereocenters. The maximum Gasteiger partial charge on any atom is 0.290 e. The number of nitrogens with one attached hydrogen (secondary N) is 1. The van der Waals surface area contributed by atoms with Gasteiger partial charge < -0.3 is 9.72 Å². The summed E-state index contributed by atoms with van der Waals surface area (Å²) in [5.41, 5.74) is -0.258. The number of ether oxygens (including phenoxy) is 1. The fourth-order valence-corrected chi connectivity index (χ4v) is 1.73. The van der Waals surface area contributed by atoms with Crippen molar-refractivity contribution in [2.24, 2.45) is 0 Å². The zero-order chi connectivity index (χ0) is 11.5. The predicted molar refractivity (Wildman–Crippen MR) is 69.0 cm³/mol. The van der Waals surface area contributed by atoms with E-state index in [1.807, 2.05) is 12.1 Å². The second kappa shape index (κ2) is 4.84. The molecule has 1 N–H and O–H groups in total. The van der Waals surface area contributed by atoms with Gasteiger partial charge in [0.15, 0.2) is 5.75 Å². The third kappa shape index (κ3) is 2.74. The summed E-state index contributed by atoms with van der Waals surface area (Å²) in [4.78, 5) is 14.0. The Morgan fingerprint density at radius 3 is 2.44 bits per heavy atom. The van der Waals surface area contributed by atoms with Crippen LogP contribution in [0.4, 0.5) is 0 Å². The molecular weight excluding hydrogens is 338 g/mol. The van der Waals surface area contributed by atoms with E-state index < -0.39 is 0 Å². The standard InChI is InChI=1S/C11H7Br2NO2/c12-7-1-3-9(4-2-7)16-10-5-8(13)6-14-11(10)15/h1-6H,(H,14,15). The zero-order valence-corrected chi connectivity index (χ0v) is 11.2. The molecule has 0 aliphatic heterocycles. The van der Waals surface area contributed by atoms with Crippen molar-refractivity contribution in [3.63, 3.8) is 0 Å². The van der Waals surface area contributed by atoms with Crippen molar-refractivity contribution >= 4 is 31.9 Å². The fourth-order valence-electron chi connectivity index (χ4n) is 1.14. The molecule has 0 aliphatic rings. The highest BCUT2D eigenvalue weighted by Gasteiger charge is 2.03. The molecule has 0 radical (unpaired) electrons. The van der Waals surface area contributed by atoms with Crippen molar-refractivity contribution < 1.29 is 4.74 Å². The zero-order valence-electron chi connectivity index (χ0n) is 8.04. The second-order valence-corrected chi connectivity index (χ2v) is 4.90. The summed E-state index contributed by atoms with van der Waals surface area (Å²) in [6.07, 6.45) is 1.57. The summed E-state index contributed by atoms with van der Waals surface area (Å²) < 4.78 is 7.17. The second-order valence-electron chi connectivity index (χ2n) is 3.07. The molecule has 1 aromatic heterocycles. The first-order valence-corrected chi connectivity index (χ1v) is 6.05. The molecule has 1 aromatic carbocycles. The summed E-state index contributed by atoms with van der Waals surface area (Å²) >= 11 is 6.59. The highest BCUT2D eigenvalue weighted by molar-refractivity contribution is 9.10. The molecule has 3 nitrogen and oxygen atoms in total. The van der Waals surface area contributed by atoms with Crippen molar-refractivity contribution in [2.75, 3.05) is 0 Å². The molecule has 5 heteroatoms. The molecule has 1 heterocycles. The molecule has 0 fully saturated rings. The number of hydrogen-bond donors (Lipinski definition) is 1. The molecule has 0 saturated carbocycles. The minimum absolute atomic E-state index is 0.258. The Balaban J connectivity index is 2.30. The van der Waals surface area contributed by atoms with Crippen LogP contribution >= 0.6 is 31.9 Å². The Morgan fingerprint density at radius 1 is 1.06 bits per heavy atom. The Kier molecular flexibility index (Phi) is 3.46. The molecule has 82 valence electrons. The van der Waals surface area contributed by atoms with Gasteiger partial charge in [0, 0.05) is 21.2 Å². The average Bonchev–Trinajstić information content (AvgIpc) is 2.27. The molecule has 0 bridgehead atoms. The Hall–Kier alpha value is -1.07. The van der Waals surface area contributed by atoms with Crippen molar-refractivity contribution in [1.82, 2.24) is 4.98 Å². The predicted octanol–water partition coefficient (Wildman–Crippen LogP) is 3.69. The molecule has 0 aliphatic carbocycles. The number of benzene rings is 1. The minimum atomic E-state index is -0.258. The van der Waals surface area contributed by atoms with E-state index in [2.05, 4.69) is 36.8 Å². The number of hydrogen-bond acceptors (Lipinski definition) is 2. The highest BCUT2D eigenvalue weighted by Crippen LogP contribution is 2.22. The lowest BCUT2D eigenvalue weighted by molar-refractivity contribution is 0.474. The molecular formula is C11H7Br2NO2. The van der Waals surface area contributed by atoms with Gasteiger partial charge in [-0.2, -0.15) is 0 Å². The SMILES string of the molecule is O=c1[nH]cc(Br)cc1Oc1ccc(Br)cc1. The van der Waals surface area contributed by atoms with Gasteiger partial charge in [0.25, 0.3) is 5.56 Å². The number of halogens is 2. The van der Waals surface area contributed by atoms with Crippen LogP contribution in [-0.4, -0.2) is 4.98 Å². The van der Waals surface area contributed by atoms with Gasteiger partial charge in [-0.15, -0.1) is 0 Å². The van der Waals surface area contributed by atoms with Crippen LogP contribution in [0.2, 0.25) is 0 Å². The van der Waals surface area contributed by atoms with Crippen LogP contribution < -0.4 is 10.3 Å². The van der Waals surface area contributed by atoms with Crippen molar-refractivity contribution in [3.05, 3.63) is 55.8 Å². The number of H-pyrrole nitrogens is 1. The van der Waals surface area contributed by atoms with E-state index in [-0.39, 0.29) is 11.3 Å². The summed E-state index contributed by atoms with van der Waals surface area (Å²) in [7, 11) is 0. The van der Waals surface area contributed by atoms with E-state index in [0.29, 0.717) is 5.75 Å². The van der Waals surface area contributed by atoms with Crippen LogP contribution in [-0.2, 0) is 0 Å². The van der Waals surface area contributed by atoms with Gasteiger partial charge in [-0.1, -0.05) is 15.9 Å². The van der Waals surface area contributed by atoms with Crippen LogP contribution in [0.1, 0.15) is 0 Å². The lowest BCUT2D eigenvalue weighted by atomic mass is 10.3. The largest absolute Gasteiger partial charge is 0.452 e. The molecule has 2 aromatic rings. The smallest absolute Gasteiger partial charge is 0.290 e. The molecule has 0 unspecified atom stereocenters. The summed E-state index contributed by atoms with van der Waals surface area (Å²) in [6.45, 7) is 0. The first-order chi connectivity index (χ1) is 7.65. The van der Waals surface area contributed by atoms with Gasteiger partial charge in [0.1, 0.15) is 5.75 Å². The Morgan fingerprint density at radius 2 is 1.75 bits per heavy atom. The van der Waals surface area contributed by atoms with Crippen LogP contribution in [0.15, 0.2) is 50.3 Å². The van der Waals surface area contributed by atoms with Crippen LogP contribution in [0.5, 0.6) is 11.5 Å². The Labute approximate surface area is 109 Å². The van der Waals surface area contributed by atoms with Gasteiger partial charge in [0.05, 0.1) is 0 Å². The number of pyridine rings is 1. The van der Waals surface area contributed by atoms with E-state index in [9.17, 15) is 4.79 Å². The molecule has 0 saturated heterocycles. The van der Waals surface area contributed by atoms with Gasteiger partial charge >= 0.3 is 0 Å². The number of rotatable bonds is 2. The lowest BCUT2D eigenvalue weighted by Gasteiger charge is -2.04. The summed E-state index contributed by atoms with van der Waals surface area (Å²) in [5.74, 6) is 0.878. The lowest BCUT2D eigenvalue weighted by Crippen LogP contribution is -2.07. The summed E-state index contributed by atoms with van der Waals surface area (Å²) in [6, 6.07) is 8.89. The van der Waals surface area contributed by atoms with E-state index in [4.69, 9.17) is 4.74 Å². The van der Waals surface area contributed by atoms with Gasteiger partial charge in [-0.05, 0) is 40.2 Å². The van der Waals surface area contributed by atoms with Gasteiger partial charge in [-0.3, -0.25) is 4.79 Å². The molecule has 0 spiro atoms. The van der Waals surface area contributed by atoms with Crippen LogP contribution in [0.3, 0.4) is 0 Å². The van der Waals surface area contributed by atoms with Gasteiger partial charge in [-0.25, -0.2) is 0 Å². The maximum absolute atomic E-state index is 11.4. The van der Waals surface area contributed by atoms with E-state index in [0.717, 1.165) is 8.95 Å². The normalized spacial score (nSPS) is 10.1. The quantitative estimate of drug-likeness (QED) is 0.902. The van der Waals surface area contributed by atoms with Crippen molar-refractivity contribution in [1.29, 1.82) is 0 Å². The summed E-state index contributed by atoms with van der Waals surface area (Å²) in [5, 5.41) is 0. The topological polar surface area (TPSA) is 42.1 Å². The average molecular weight is 345 g/mol. The molecule has 2 rings (SSSR count). The Bertz CT molecular complexity index is 549. The van der Waals surface area contributed by atoms with Gasteiger partial charge in [0.2, 0.25) is 0 Å². The minimum Gasteiger partial charge on any atom is -0.452 e. The highest BCUT2D eigenvalue weighted by atomic mass is 79.9. The van der Waals surface area contributed by atoms with E-state index in [1.54, 1.807) is 24.4 Å². The first-order valence-electron chi connectivity index (χ1n) is 4.47. The number of aromatic amines is 1. The fraction of sp³-hybridized carbons (Fsp3) is 0. The van der Waals surface area contributed by atoms with Crippen LogP contribution in [0.25, 0.3) is 0 Å². The number of aromatic nitrogens is 1. The first kappa shape index (κ1) is 11.4. The third-order valence-corrected chi connectivity index (χ3v) is 2.86. The van der Waals surface area contributed by atoms with Crippen molar-refractivity contribution in [2.45, 2.75) is 0 Å². The third-order valence-electron chi connectivity index (χ3n) is 1.88. The van der Waals surface area contributed by atoms with Crippen molar-refractivity contribution in [3.8, 4) is 11.5 Å². The maximum atomic E-state index is 11.4. The molecule has 16 heavy (non-hydrogen) atoms. The van der Waals surface area contributed by atoms with E-state index in [1.165, 1.54) is 0 Å². The molecule has 0 amide bonds. The van der Waals surface area contributed by atoms with Crippen LogP contribution in [0, 0.1) is 0 Å². The monoisotopic (exact) mass is 343 g/mol. The van der Waals surface area contributed by atoms with E-state index >= 15 is 0 Å².